The number of aromatic nitrogens is 2. The van der Waals surface area contributed by atoms with Crippen molar-refractivity contribution in [3.8, 4) is 0 Å². The van der Waals surface area contributed by atoms with Crippen molar-refractivity contribution in [2.75, 3.05) is 0 Å². The van der Waals surface area contributed by atoms with Crippen molar-refractivity contribution in [1.29, 1.82) is 0 Å². The van der Waals surface area contributed by atoms with Gasteiger partial charge >= 0.3 is 0 Å². The minimum atomic E-state index is -0.525. The Kier molecular flexibility index (Phi) is 4.73. The van der Waals surface area contributed by atoms with Gasteiger partial charge in [-0.3, -0.25) is 14.9 Å². The molecule has 0 fully saturated rings. The van der Waals surface area contributed by atoms with E-state index in [4.69, 9.17) is 11.6 Å². The number of rotatable bonds is 5. The van der Waals surface area contributed by atoms with E-state index in [1.807, 2.05) is 29.6 Å². The van der Waals surface area contributed by atoms with Crippen LogP contribution in [0.1, 0.15) is 16.3 Å². The van der Waals surface area contributed by atoms with Crippen molar-refractivity contribution in [1.82, 2.24) is 9.55 Å². The molecule has 6 nitrogen and oxygen atoms in total. The van der Waals surface area contributed by atoms with Gasteiger partial charge in [0.25, 0.3) is 11.2 Å². The number of hydrogen-bond acceptors (Lipinski definition) is 5. The minimum Gasteiger partial charge on any atom is -0.303 e. The summed E-state index contributed by atoms with van der Waals surface area (Å²) in [6, 6.07) is 9.93. The second kappa shape index (κ2) is 6.94. The third kappa shape index (κ3) is 3.87. The zero-order valence-electron chi connectivity index (χ0n) is 12.4. The van der Waals surface area contributed by atoms with E-state index in [2.05, 4.69) is 4.98 Å². The maximum absolute atomic E-state index is 11.8. The summed E-state index contributed by atoms with van der Waals surface area (Å²) in [5.41, 5.74) is 1.37. The van der Waals surface area contributed by atoms with Crippen LogP contribution in [0.4, 0.5) is 5.69 Å². The van der Waals surface area contributed by atoms with E-state index in [1.54, 1.807) is 0 Å². The molecule has 8 heteroatoms. The topological polar surface area (TPSA) is 78.0 Å². The SMILES string of the molecule is O=c1ccc([N+](=O)[O-])cn1Cc1csc(Cc2ccc(Cl)cc2)n1. The number of nitro groups is 1. The van der Waals surface area contributed by atoms with Gasteiger partial charge in [-0.15, -0.1) is 11.3 Å². The Bertz CT molecular complexity index is 934. The molecule has 0 saturated carbocycles. The second-order valence-corrected chi connectivity index (χ2v) is 6.53. The van der Waals surface area contributed by atoms with E-state index in [0.29, 0.717) is 17.1 Å². The summed E-state index contributed by atoms with van der Waals surface area (Å²) in [6.45, 7) is 0.206. The van der Waals surface area contributed by atoms with Crippen LogP contribution in [0.3, 0.4) is 0 Å². The standard InChI is InChI=1S/C16H12ClN3O3S/c17-12-3-1-11(2-4-12)7-15-18-13(10-24-15)8-19-9-14(20(22)23)5-6-16(19)21/h1-6,9-10H,7-8H2. The highest BCUT2D eigenvalue weighted by Gasteiger charge is 2.10. The third-order valence-corrected chi connectivity index (χ3v) is 4.53. The monoisotopic (exact) mass is 361 g/mol. The lowest BCUT2D eigenvalue weighted by molar-refractivity contribution is -0.385. The molecule has 0 N–H and O–H groups in total. The zero-order chi connectivity index (χ0) is 17.1. The molecule has 0 aliphatic rings. The molecule has 0 atom stereocenters. The summed E-state index contributed by atoms with van der Waals surface area (Å²) in [5.74, 6) is 0. The van der Waals surface area contributed by atoms with Crippen LogP contribution in [0, 0.1) is 10.1 Å². The fraction of sp³-hybridized carbons (Fsp3) is 0.125. The molecule has 0 bridgehead atoms. The average Bonchev–Trinajstić information content (AvgIpc) is 2.98. The van der Waals surface area contributed by atoms with Crippen LogP contribution in [0.15, 0.2) is 52.8 Å². The van der Waals surface area contributed by atoms with E-state index < -0.39 is 4.92 Å². The van der Waals surface area contributed by atoms with Crippen molar-refractivity contribution in [3.63, 3.8) is 0 Å². The lowest BCUT2D eigenvalue weighted by Gasteiger charge is -2.02. The maximum atomic E-state index is 11.8. The number of hydrogen-bond donors (Lipinski definition) is 0. The molecule has 3 rings (SSSR count). The van der Waals surface area contributed by atoms with Gasteiger partial charge in [-0.1, -0.05) is 23.7 Å². The second-order valence-electron chi connectivity index (χ2n) is 5.15. The molecule has 0 spiro atoms. The first-order valence-electron chi connectivity index (χ1n) is 7.04. The molecule has 0 unspecified atom stereocenters. The smallest absolute Gasteiger partial charge is 0.285 e. The molecule has 0 saturated heterocycles. The Balaban J connectivity index is 1.76. The minimum absolute atomic E-state index is 0.119. The van der Waals surface area contributed by atoms with Crippen LogP contribution in [0.2, 0.25) is 5.02 Å². The highest BCUT2D eigenvalue weighted by atomic mass is 35.5. The fourth-order valence-corrected chi connectivity index (χ4v) is 3.15. The van der Waals surface area contributed by atoms with Gasteiger partial charge in [-0.25, -0.2) is 4.98 Å². The van der Waals surface area contributed by atoms with Gasteiger partial charge in [-0.05, 0) is 17.7 Å². The highest BCUT2D eigenvalue weighted by molar-refractivity contribution is 7.09. The number of halogens is 1. The van der Waals surface area contributed by atoms with Gasteiger partial charge in [0.2, 0.25) is 0 Å². The lowest BCUT2D eigenvalue weighted by atomic mass is 10.2. The molecule has 0 radical (unpaired) electrons. The van der Waals surface area contributed by atoms with Gasteiger partial charge in [0, 0.05) is 29.0 Å². The number of nitrogens with zero attached hydrogens (tertiary/aromatic N) is 3. The average molecular weight is 362 g/mol. The van der Waals surface area contributed by atoms with Crippen LogP contribution in [-0.2, 0) is 13.0 Å². The van der Waals surface area contributed by atoms with Crippen molar-refractivity contribution in [2.45, 2.75) is 13.0 Å². The van der Waals surface area contributed by atoms with E-state index in [1.165, 1.54) is 34.2 Å². The molecule has 0 amide bonds. The Hall–Kier alpha value is -2.51. The zero-order valence-corrected chi connectivity index (χ0v) is 14.0. The highest BCUT2D eigenvalue weighted by Crippen LogP contribution is 2.17. The molecule has 122 valence electrons. The summed E-state index contributed by atoms with van der Waals surface area (Å²) < 4.78 is 1.29. The molecular weight excluding hydrogens is 350 g/mol. The van der Waals surface area contributed by atoms with Gasteiger partial charge in [0.1, 0.15) is 0 Å². The van der Waals surface area contributed by atoms with Crippen molar-refractivity contribution < 1.29 is 4.92 Å². The summed E-state index contributed by atoms with van der Waals surface area (Å²) in [4.78, 5) is 26.6. The van der Waals surface area contributed by atoms with Gasteiger partial charge in [0.15, 0.2) is 0 Å². The van der Waals surface area contributed by atoms with Crippen LogP contribution in [0.5, 0.6) is 0 Å². The predicted octanol–water partition coefficient (Wildman–Crippen LogP) is 3.51. The van der Waals surface area contributed by atoms with E-state index in [0.717, 1.165) is 10.6 Å². The third-order valence-electron chi connectivity index (χ3n) is 3.38. The van der Waals surface area contributed by atoms with E-state index in [9.17, 15) is 14.9 Å². The lowest BCUT2D eigenvalue weighted by Crippen LogP contribution is -2.19. The van der Waals surface area contributed by atoms with E-state index >= 15 is 0 Å². The van der Waals surface area contributed by atoms with Crippen molar-refractivity contribution in [2.24, 2.45) is 0 Å². The number of pyridine rings is 1. The molecule has 0 aliphatic heterocycles. The van der Waals surface area contributed by atoms with Crippen LogP contribution in [-0.4, -0.2) is 14.5 Å². The molecule has 2 aromatic heterocycles. The Labute approximate surface area is 146 Å². The largest absolute Gasteiger partial charge is 0.303 e. The van der Waals surface area contributed by atoms with Crippen LogP contribution < -0.4 is 5.56 Å². The van der Waals surface area contributed by atoms with Gasteiger partial charge < -0.3 is 4.57 Å². The molecule has 2 heterocycles. The molecule has 0 aliphatic carbocycles. The number of benzene rings is 1. The number of thiazole rings is 1. The summed E-state index contributed by atoms with van der Waals surface area (Å²) >= 11 is 7.36. The summed E-state index contributed by atoms with van der Waals surface area (Å²) in [7, 11) is 0. The van der Waals surface area contributed by atoms with Gasteiger partial charge in [-0.2, -0.15) is 0 Å². The Morgan fingerprint density at radius 2 is 1.96 bits per heavy atom. The van der Waals surface area contributed by atoms with Crippen LogP contribution >= 0.6 is 22.9 Å². The molecular formula is C16H12ClN3O3S. The first kappa shape index (κ1) is 16.4. The maximum Gasteiger partial charge on any atom is 0.285 e. The quantitative estimate of drug-likeness (QED) is 0.514. The van der Waals surface area contributed by atoms with Crippen molar-refractivity contribution >= 4 is 28.6 Å². The van der Waals surface area contributed by atoms with Crippen LogP contribution in [0.25, 0.3) is 0 Å². The Morgan fingerprint density at radius 3 is 2.67 bits per heavy atom. The molecule has 1 aromatic carbocycles. The normalized spacial score (nSPS) is 10.7. The van der Waals surface area contributed by atoms with Crippen molar-refractivity contribution in [3.05, 3.63) is 89.7 Å². The van der Waals surface area contributed by atoms with E-state index in [-0.39, 0.29) is 17.8 Å². The fourth-order valence-electron chi connectivity index (χ4n) is 2.20. The summed E-state index contributed by atoms with van der Waals surface area (Å²) in [5, 5.41) is 14.3. The first-order valence-corrected chi connectivity index (χ1v) is 8.29. The predicted molar refractivity (Wildman–Crippen MR) is 92.8 cm³/mol. The van der Waals surface area contributed by atoms with Gasteiger partial charge in [0.05, 0.1) is 28.4 Å². The summed E-state index contributed by atoms with van der Waals surface area (Å²) in [6.07, 6.45) is 1.91. The molecule has 3 aromatic rings. The molecule has 24 heavy (non-hydrogen) atoms. The first-order chi connectivity index (χ1) is 11.5. The Morgan fingerprint density at radius 1 is 1.21 bits per heavy atom.